The number of nitrogen functional groups attached to an aromatic ring is 1. The van der Waals surface area contributed by atoms with Gasteiger partial charge < -0.3 is 10.5 Å². The second-order valence-corrected chi connectivity index (χ2v) is 3.32. The number of benzene rings is 1. The molecule has 1 aromatic carbocycles. The first-order valence-corrected chi connectivity index (χ1v) is 4.81. The first-order valence-electron chi connectivity index (χ1n) is 4.43. The first-order chi connectivity index (χ1) is 7.15. The number of nitrogens with two attached hydrogens (primary N) is 1. The predicted molar refractivity (Wildman–Crippen MR) is 56.7 cm³/mol. The zero-order chi connectivity index (χ0) is 11.3. The van der Waals surface area contributed by atoms with Gasteiger partial charge in [-0.05, 0) is 18.2 Å². The van der Waals surface area contributed by atoms with Gasteiger partial charge in [0.1, 0.15) is 0 Å². The summed E-state index contributed by atoms with van der Waals surface area (Å²) < 4.78 is 16.5. The van der Waals surface area contributed by atoms with Crippen LogP contribution in [-0.4, -0.2) is 19.3 Å². The largest absolute Gasteiger partial charge is 0.462 e. The standard InChI is InChI=1S/C10H11ClFNO2/c11-9-6-7(13)2-3-8(9)10(14)15-5-1-4-12/h2-3,6H,1,4-5,13H2. The van der Waals surface area contributed by atoms with E-state index in [1.54, 1.807) is 6.07 Å². The van der Waals surface area contributed by atoms with Crippen LogP contribution in [-0.2, 0) is 4.74 Å². The van der Waals surface area contributed by atoms with Crippen molar-refractivity contribution in [2.24, 2.45) is 0 Å². The highest BCUT2D eigenvalue weighted by Crippen LogP contribution is 2.19. The Morgan fingerprint density at radius 1 is 1.53 bits per heavy atom. The van der Waals surface area contributed by atoms with Crippen LogP contribution in [0.15, 0.2) is 18.2 Å². The smallest absolute Gasteiger partial charge is 0.339 e. The fourth-order valence-electron chi connectivity index (χ4n) is 0.994. The van der Waals surface area contributed by atoms with Crippen LogP contribution >= 0.6 is 11.6 Å². The number of anilines is 1. The Balaban J connectivity index is 2.65. The van der Waals surface area contributed by atoms with Crippen molar-refractivity contribution in [2.75, 3.05) is 19.0 Å². The SMILES string of the molecule is Nc1ccc(C(=O)OCCCF)c(Cl)c1. The fraction of sp³-hybridized carbons (Fsp3) is 0.300. The van der Waals surface area contributed by atoms with E-state index in [0.29, 0.717) is 5.69 Å². The van der Waals surface area contributed by atoms with Gasteiger partial charge in [-0.3, -0.25) is 4.39 Å². The van der Waals surface area contributed by atoms with E-state index < -0.39 is 12.6 Å². The van der Waals surface area contributed by atoms with Gasteiger partial charge in [-0.15, -0.1) is 0 Å². The molecule has 1 aromatic rings. The van der Waals surface area contributed by atoms with E-state index in [1.807, 2.05) is 0 Å². The molecule has 0 aliphatic rings. The molecule has 15 heavy (non-hydrogen) atoms. The van der Waals surface area contributed by atoms with Gasteiger partial charge in [-0.2, -0.15) is 0 Å². The zero-order valence-corrected chi connectivity index (χ0v) is 8.76. The van der Waals surface area contributed by atoms with Gasteiger partial charge in [-0.1, -0.05) is 11.6 Å². The minimum atomic E-state index is -0.562. The van der Waals surface area contributed by atoms with E-state index >= 15 is 0 Å². The van der Waals surface area contributed by atoms with Crippen LogP contribution in [0.1, 0.15) is 16.8 Å². The van der Waals surface area contributed by atoms with Crippen molar-refractivity contribution in [3.63, 3.8) is 0 Å². The van der Waals surface area contributed by atoms with E-state index in [2.05, 4.69) is 0 Å². The third-order valence-corrected chi connectivity index (χ3v) is 2.04. The van der Waals surface area contributed by atoms with Crippen LogP contribution in [0.25, 0.3) is 0 Å². The molecule has 0 unspecified atom stereocenters. The molecule has 0 fully saturated rings. The van der Waals surface area contributed by atoms with Crippen molar-refractivity contribution in [2.45, 2.75) is 6.42 Å². The maximum absolute atomic E-state index is 11.7. The van der Waals surface area contributed by atoms with Gasteiger partial charge in [0, 0.05) is 12.1 Å². The summed E-state index contributed by atoms with van der Waals surface area (Å²) >= 11 is 5.78. The number of hydrogen-bond donors (Lipinski definition) is 1. The monoisotopic (exact) mass is 231 g/mol. The van der Waals surface area contributed by atoms with Gasteiger partial charge in [0.2, 0.25) is 0 Å². The molecule has 1 rings (SSSR count). The highest BCUT2D eigenvalue weighted by Gasteiger charge is 2.11. The Labute approximate surface area is 92.0 Å². The van der Waals surface area contributed by atoms with Crippen LogP contribution in [0.4, 0.5) is 10.1 Å². The molecular weight excluding hydrogens is 221 g/mol. The fourth-order valence-corrected chi connectivity index (χ4v) is 1.26. The molecule has 0 aromatic heterocycles. The number of hydrogen-bond acceptors (Lipinski definition) is 3. The van der Waals surface area contributed by atoms with Crippen LogP contribution in [0, 0.1) is 0 Å². The number of carbonyl (C=O) groups excluding carboxylic acids is 1. The molecule has 0 heterocycles. The van der Waals surface area contributed by atoms with Gasteiger partial charge in [0.05, 0.1) is 23.9 Å². The van der Waals surface area contributed by atoms with Crippen molar-refractivity contribution in [1.82, 2.24) is 0 Å². The summed E-state index contributed by atoms with van der Waals surface area (Å²) in [6.45, 7) is -0.460. The molecule has 0 aliphatic heterocycles. The summed E-state index contributed by atoms with van der Waals surface area (Å²) in [4.78, 5) is 11.4. The quantitative estimate of drug-likeness (QED) is 0.492. The second-order valence-electron chi connectivity index (χ2n) is 2.92. The molecule has 3 nitrogen and oxygen atoms in total. The summed E-state index contributed by atoms with van der Waals surface area (Å²) in [6.07, 6.45) is 0.193. The van der Waals surface area contributed by atoms with Gasteiger partial charge in [-0.25, -0.2) is 4.79 Å². The summed E-state index contributed by atoms with van der Waals surface area (Å²) in [7, 11) is 0. The Morgan fingerprint density at radius 2 is 2.27 bits per heavy atom. The average molecular weight is 232 g/mol. The topological polar surface area (TPSA) is 52.3 Å². The van der Waals surface area contributed by atoms with Crippen molar-refractivity contribution in [3.8, 4) is 0 Å². The summed E-state index contributed by atoms with van der Waals surface area (Å²) in [5, 5.41) is 0.236. The van der Waals surface area contributed by atoms with Crippen LogP contribution < -0.4 is 5.73 Å². The van der Waals surface area contributed by atoms with E-state index in [9.17, 15) is 9.18 Å². The normalized spacial score (nSPS) is 10.0. The maximum Gasteiger partial charge on any atom is 0.339 e. The molecule has 0 saturated carbocycles. The summed E-state index contributed by atoms with van der Waals surface area (Å²) in [5.74, 6) is -0.562. The lowest BCUT2D eigenvalue weighted by molar-refractivity contribution is 0.0494. The molecule has 0 bridgehead atoms. The third-order valence-electron chi connectivity index (χ3n) is 1.72. The molecule has 2 N–H and O–H groups in total. The lowest BCUT2D eigenvalue weighted by Crippen LogP contribution is -2.07. The van der Waals surface area contributed by atoms with Gasteiger partial charge >= 0.3 is 5.97 Å². The van der Waals surface area contributed by atoms with Crippen LogP contribution in [0.3, 0.4) is 0 Å². The maximum atomic E-state index is 11.7. The van der Waals surface area contributed by atoms with Crippen molar-refractivity contribution >= 4 is 23.3 Å². The zero-order valence-electron chi connectivity index (χ0n) is 8.00. The second kappa shape index (κ2) is 5.56. The molecule has 5 heteroatoms. The summed E-state index contributed by atoms with van der Waals surface area (Å²) in [6, 6.07) is 4.50. The number of carbonyl (C=O) groups is 1. The van der Waals surface area contributed by atoms with Gasteiger partial charge in [0.15, 0.2) is 0 Å². The number of halogens is 2. The van der Waals surface area contributed by atoms with Crippen molar-refractivity contribution < 1.29 is 13.9 Å². The van der Waals surface area contributed by atoms with Crippen molar-refractivity contribution in [3.05, 3.63) is 28.8 Å². The Bertz CT molecular complexity index is 357. The van der Waals surface area contributed by atoms with E-state index in [0.717, 1.165) is 0 Å². The van der Waals surface area contributed by atoms with E-state index in [1.165, 1.54) is 12.1 Å². The number of ether oxygens (including phenoxy) is 1. The molecule has 82 valence electrons. The van der Waals surface area contributed by atoms with E-state index in [4.69, 9.17) is 22.1 Å². The number of rotatable bonds is 4. The molecule has 0 radical (unpaired) electrons. The third kappa shape index (κ3) is 3.40. The highest BCUT2D eigenvalue weighted by molar-refractivity contribution is 6.33. The molecular formula is C10H11ClFNO2. The average Bonchev–Trinajstić information content (AvgIpc) is 2.17. The Hall–Kier alpha value is -1.29. The molecule has 0 amide bonds. The lowest BCUT2D eigenvalue weighted by atomic mass is 10.2. The summed E-state index contributed by atoms with van der Waals surface area (Å²) in [5.41, 5.74) is 6.18. The molecule has 0 atom stereocenters. The highest BCUT2D eigenvalue weighted by atomic mass is 35.5. The van der Waals surface area contributed by atoms with Crippen LogP contribution in [0.5, 0.6) is 0 Å². The molecule has 0 aliphatic carbocycles. The number of esters is 1. The molecule has 0 spiro atoms. The van der Waals surface area contributed by atoms with Gasteiger partial charge in [0.25, 0.3) is 0 Å². The van der Waals surface area contributed by atoms with Crippen molar-refractivity contribution in [1.29, 1.82) is 0 Å². The predicted octanol–water partition coefficient (Wildman–Crippen LogP) is 2.44. The first kappa shape index (κ1) is 11.8. The minimum absolute atomic E-state index is 0.0516. The minimum Gasteiger partial charge on any atom is -0.462 e. The Morgan fingerprint density at radius 3 is 2.87 bits per heavy atom. The van der Waals surface area contributed by atoms with E-state index in [-0.39, 0.29) is 23.6 Å². The molecule has 0 saturated heterocycles. The Kier molecular flexibility index (Phi) is 4.37. The van der Waals surface area contributed by atoms with Crippen LogP contribution in [0.2, 0.25) is 5.02 Å². The lowest BCUT2D eigenvalue weighted by Gasteiger charge is -2.05. The number of alkyl halides is 1.